The molecule has 0 aliphatic heterocycles. The first kappa shape index (κ1) is 7.98. The van der Waals surface area contributed by atoms with E-state index in [1.165, 1.54) is 0 Å². The van der Waals surface area contributed by atoms with Crippen LogP contribution in [0, 0.1) is 6.42 Å². The molecule has 0 atom stereocenters. The van der Waals surface area contributed by atoms with E-state index >= 15 is 0 Å². The van der Waals surface area contributed by atoms with Crippen molar-refractivity contribution in [3.05, 3.63) is 29.7 Å². The molecule has 61 valence electrons. The first-order chi connectivity index (χ1) is 5.13. The molecule has 0 aromatic rings. The number of likely N-dealkylation sites (N-methyl/N-ethyl adjacent to an activating group) is 1. The molecule has 0 aromatic heterocycles. The van der Waals surface area contributed by atoms with Gasteiger partial charge in [0.25, 0.3) is 0 Å². The lowest BCUT2D eigenvalue weighted by Crippen LogP contribution is -2.16. The maximum absolute atomic E-state index is 9.30. The zero-order chi connectivity index (χ0) is 8.43. The van der Waals surface area contributed by atoms with Crippen molar-refractivity contribution in [2.45, 2.75) is 6.42 Å². The van der Waals surface area contributed by atoms with E-state index < -0.39 is 0 Å². The number of aliphatic hydroxyl groups excluding tert-OH is 2. The molecule has 1 aliphatic rings. The predicted molar refractivity (Wildman–Crippen MR) is 43.0 cm³/mol. The Morgan fingerprint density at radius 3 is 2.45 bits per heavy atom. The van der Waals surface area contributed by atoms with Crippen LogP contribution in [0.25, 0.3) is 0 Å². The van der Waals surface area contributed by atoms with Crippen LogP contribution < -0.4 is 0 Å². The molecule has 0 fully saturated rings. The fourth-order valence-corrected chi connectivity index (χ4v) is 1.00. The fraction of sp³-hybridized carbons (Fsp3) is 0.375. The Balaban J connectivity index is 2.89. The predicted octanol–water partition coefficient (Wildman–Crippen LogP) is 1.37. The van der Waals surface area contributed by atoms with E-state index in [0.717, 1.165) is 0 Å². The van der Waals surface area contributed by atoms with Gasteiger partial charge >= 0.3 is 0 Å². The van der Waals surface area contributed by atoms with Crippen LogP contribution in [-0.4, -0.2) is 29.2 Å². The lowest BCUT2D eigenvalue weighted by Gasteiger charge is -2.20. The maximum atomic E-state index is 9.30. The summed E-state index contributed by atoms with van der Waals surface area (Å²) >= 11 is 0. The third kappa shape index (κ3) is 1.48. The first-order valence-electron chi connectivity index (χ1n) is 3.46. The Morgan fingerprint density at radius 2 is 2.00 bits per heavy atom. The second-order valence-electron chi connectivity index (χ2n) is 2.66. The van der Waals surface area contributed by atoms with Gasteiger partial charge in [0, 0.05) is 20.5 Å². The zero-order valence-corrected chi connectivity index (χ0v) is 6.70. The smallest absolute Gasteiger partial charge is 0.176 e. The van der Waals surface area contributed by atoms with Crippen LogP contribution in [0.3, 0.4) is 0 Å². The summed E-state index contributed by atoms with van der Waals surface area (Å²) in [6, 6.07) is 0. The third-order valence-electron chi connectivity index (χ3n) is 1.59. The number of allylic oxidation sites excluding steroid dienone is 2. The highest BCUT2D eigenvalue weighted by Gasteiger charge is 2.15. The van der Waals surface area contributed by atoms with Crippen molar-refractivity contribution in [3.8, 4) is 0 Å². The van der Waals surface area contributed by atoms with Gasteiger partial charge in [-0.3, -0.25) is 0 Å². The molecule has 1 aliphatic carbocycles. The second-order valence-corrected chi connectivity index (χ2v) is 2.66. The van der Waals surface area contributed by atoms with Crippen LogP contribution in [-0.2, 0) is 0 Å². The van der Waals surface area contributed by atoms with E-state index in [0.29, 0.717) is 12.1 Å². The molecule has 0 amide bonds. The van der Waals surface area contributed by atoms with Gasteiger partial charge in [-0.05, 0) is 6.42 Å². The van der Waals surface area contributed by atoms with Crippen molar-refractivity contribution >= 4 is 0 Å². The molecule has 3 nitrogen and oxygen atoms in total. The van der Waals surface area contributed by atoms with Gasteiger partial charge in [0.1, 0.15) is 5.76 Å². The molecule has 11 heavy (non-hydrogen) atoms. The summed E-state index contributed by atoms with van der Waals surface area (Å²) in [4.78, 5) is 1.76. The summed E-state index contributed by atoms with van der Waals surface area (Å²) in [7, 11) is 3.64. The molecule has 1 radical (unpaired) electrons. The Bertz CT molecular complexity index is 216. The SMILES string of the molecule is CN(C)C1=CC[CH]C(O)=C1O. The van der Waals surface area contributed by atoms with Gasteiger partial charge in [0.15, 0.2) is 5.76 Å². The molecule has 2 N–H and O–H groups in total. The van der Waals surface area contributed by atoms with Gasteiger partial charge < -0.3 is 15.1 Å². The third-order valence-corrected chi connectivity index (χ3v) is 1.59. The quantitative estimate of drug-likeness (QED) is 0.599. The van der Waals surface area contributed by atoms with Crippen LogP contribution in [0.15, 0.2) is 23.3 Å². The molecular weight excluding hydrogens is 142 g/mol. The minimum absolute atomic E-state index is 0.0313. The van der Waals surface area contributed by atoms with Gasteiger partial charge in [-0.15, -0.1) is 0 Å². The molecule has 0 heterocycles. The standard InChI is InChI=1S/C8H12NO2/c1-9(2)6-4-3-5-7(10)8(6)11/h4-5,10-11H,3H2,1-2H3. The van der Waals surface area contributed by atoms with Crippen molar-refractivity contribution in [2.24, 2.45) is 0 Å². The van der Waals surface area contributed by atoms with Gasteiger partial charge in [-0.1, -0.05) is 6.08 Å². The van der Waals surface area contributed by atoms with Gasteiger partial charge in [-0.2, -0.15) is 0 Å². The van der Waals surface area contributed by atoms with Crippen LogP contribution in [0.1, 0.15) is 6.42 Å². The number of hydrogen-bond acceptors (Lipinski definition) is 3. The Labute approximate surface area is 66.3 Å². The maximum Gasteiger partial charge on any atom is 0.176 e. The Kier molecular flexibility index (Phi) is 2.08. The summed E-state index contributed by atoms with van der Waals surface area (Å²) in [5.41, 5.74) is 0.671. The average molecular weight is 154 g/mol. The summed E-state index contributed by atoms with van der Waals surface area (Å²) in [5, 5.41) is 18.4. The van der Waals surface area contributed by atoms with E-state index in [-0.39, 0.29) is 11.5 Å². The van der Waals surface area contributed by atoms with Crippen LogP contribution in [0.5, 0.6) is 0 Å². The molecular formula is C8H12NO2. The molecule has 3 heteroatoms. The van der Waals surface area contributed by atoms with E-state index in [2.05, 4.69) is 0 Å². The monoisotopic (exact) mass is 154 g/mol. The van der Waals surface area contributed by atoms with Gasteiger partial charge in [0.05, 0.1) is 5.70 Å². The number of nitrogens with zero attached hydrogens (tertiary/aromatic N) is 1. The minimum atomic E-state index is -0.0405. The molecule has 0 saturated carbocycles. The fourth-order valence-electron chi connectivity index (χ4n) is 1.00. The topological polar surface area (TPSA) is 43.7 Å². The van der Waals surface area contributed by atoms with Crippen LogP contribution in [0.4, 0.5) is 0 Å². The van der Waals surface area contributed by atoms with E-state index in [1.807, 2.05) is 20.2 Å². The van der Waals surface area contributed by atoms with Crippen LogP contribution >= 0.6 is 0 Å². The lowest BCUT2D eigenvalue weighted by molar-refractivity contribution is 0.309. The minimum Gasteiger partial charge on any atom is -0.508 e. The summed E-state index contributed by atoms with van der Waals surface area (Å²) in [6.07, 6.45) is 4.10. The molecule has 0 aromatic carbocycles. The first-order valence-corrected chi connectivity index (χ1v) is 3.46. The number of hydrogen-bond donors (Lipinski definition) is 2. The molecule has 1 rings (SSSR count). The highest BCUT2D eigenvalue weighted by molar-refractivity contribution is 5.33. The van der Waals surface area contributed by atoms with Crippen molar-refractivity contribution < 1.29 is 10.2 Å². The summed E-state index contributed by atoms with van der Waals surface area (Å²) in [5.74, 6) is -0.0718. The second kappa shape index (κ2) is 2.86. The van der Waals surface area contributed by atoms with E-state index in [1.54, 1.807) is 11.3 Å². The number of aliphatic hydroxyl groups is 2. The summed E-state index contributed by atoms with van der Waals surface area (Å²) in [6.45, 7) is 0. The Hall–Kier alpha value is -1.12. The van der Waals surface area contributed by atoms with Crippen molar-refractivity contribution in [1.29, 1.82) is 0 Å². The summed E-state index contributed by atoms with van der Waals surface area (Å²) < 4.78 is 0. The van der Waals surface area contributed by atoms with Gasteiger partial charge in [-0.25, -0.2) is 0 Å². The average Bonchev–Trinajstić information content (AvgIpc) is 1.94. The molecule has 0 unspecified atom stereocenters. The highest BCUT2D eigenvalue weighted by atomic mass is 16.3. The highest BCUT2D eigenvalue weighted by Crippen LogP contribution is 2.21. The molecule has 0 saturated heterocycles. The van der Waals surface area contributed by atoms with Gasteiger partial charge in [0.2, 0.25) is 0 Å². The van der Waals surface area contributed by atoms with Crippen molar-refractivity contribution in [3.63, 3.8) is 0 Å². The van der Waals surface area contributed by atoms with Crippen LogP contribution in [0.2, 0.25) is 0 Å². The normalized spacial score (nSPS) is 18.2. The lowest BCUT2D eigenvalue weighted by atomic mass is 10.1. The van der Waals surface area contributed by atoms with Crippen molar-refractivity contribution in [2.75, 3.05) is 14.1 Å². The Morgan fingerprint density at radius 1 is 1.36 bits per heavy atom. The largest absolute Gasteiger partial charge is 0.508 e. The van der Waals surface area contributed by atoms with E-state index in [9.17, 15) is 5.11 Å². The van der Waals surface area contributed by atoms with E-state index in [4.69, 9.17) is 5.11 Å². The molecule has 0 bridgehead atoms. The van der Waals surface area contributed by atoms with Crippen molar-refractivity contribution in [1.82, 2.24) is 4.90 Å². The zero-order valence-electron chi connectivity index (χ0n) is 6.70. The number of rotatable bonds is 1. The molecule has 0 spiro atoms.